The van der Waals surface area contributed by atoms with E-state index >= 15 is 0 Å². The van der Waals surface area contributed by atoms with Crippen molar-refractivity contribution in [2.24, 2.45) is 0 Å². The normalized spacial score (nSPS) is 12.4. The van der Waals surface area contributed by atoms with Gasteiger partial charge in [0.2, 0.25) is 0 Å². The minimum atomic E-state index is -1.58. The smallest absolute Gasteiger partial charge is 0.308 e. The Kier molecular flexibility index (Phi) is 7.77. The van der Waals surface area contributed by atoms with Crippen molar-refractivity contribution >= 4 is 40.2 Å². The Morgan fingerprint density at radius 2 is 1.63 bits per heavy atom. The second-order valence-corrected chi connectivity index (χ2v) is 9.33. The average Bonchev–Trinajstić information content (AvgIpc) is 2.88. The van der Waals surface area contributed by atoms with Gasteiger partial charge in [0, 0.05) is 28.7 Å². The predicted molar refractivity (Wildman–Crippen MR) is 136 cm³/mol. The Morgan fingerprint density at radius 1 is 0.886 bits per heavy atom. The summed E-state index contributed by atoms with van der Waals surface area (Å²) in [6, 6.07) is 28.1. The van der Waals surface area contributed by atoms with Crippen LogP contribution in [0.5, 0.6) is 0 Å². The maximum absolute atomic E-state index is 13.2. The molecule has 2 unspecified atom stereocenters. The van der Waals surface area contributed by atoms with E-state index in [0.717, 1.165) is 5.69 Å². The summed E-state index contributed by atoms with van der Waals surface area (Å²) in [6.07, 6.45) is 1.43. The van der Waals surface area contributed by atoms with Gasteiger partial charge < -0.3 is 20.3 Å². The molecule has 1 heterocycles. The standard InChI is InChI=1S/C27H23N3O4S/c31-26(32)18-24(19-7-2-1-3-8-19)35(34)23-14-12-21(13-15-23)30-27(33)20-9-6-10-22(17-20)29-25-11-4-5-16-28-25/h1-17,24H,18H2,(H,28,29)(H,30,33)(H,31,32). The maximum Gasteiger partial charge on any atom is 0.308 e. The van der Waals surface area contributed by atoms with Crippen molar-refractivity contribution in [3.05, 3.63) is 114 Å². The van der Waals surface area contributed by atoms with Crippen LogP contribution in [-0.4, -0.2) is 26.5 Å². The zero-order valence-electron chi connectivity index (χ0n) is 18.6. The lowest BCUT2D eigenvalue weighted by molar-refractivity contribution is -0.137. The number of rotatable bonds is 9. The summed E-state index contributed by atoms with van der Waals surface area (Å²) >= 11 is -1.58. The van der Waals surface area contributed by atoms with E-state index in [1.807, 2.05) is 30.3 Å². The number of carbonyl (C=O) groups excluding carboxylic acids is 1. The summed E-state index contributed by atoms with van der Waals surface area (Å²) < 4.78 is 13.2. The first-order valence-electron chi connectivity index (χ1n) is 10.9. The summed E-state index contributed by atoms with van der Waals surface area (Å²) in [5.74, 6) is -0.641. The van der Waals surface area contributed by atoms with E-state index in [4.69, 9.17) is 0 Å². The van der Waals surface area contributed by atoms with Crippen LogP contribution >= 0.6 is 0 Å². The number of benzene rings is 3. The number of carboxylic acids is 1. The lowest BCUT2D eigenvalue weighted by Crippen LogP contribution is -2.18. The highest BCUT2D eigenvalue weighted by molar-refractivity contribution is 7.91. The van der Waals surface area contributed by atoms with Crippen LogP contribution in [0, 0.1) is 0 Å². The number of carboxylic acid groups (broad SMARTS) is 1. The predicted octanol–water partition coefficient (Wildman–Crippen LogP) is 5.40. The molecule has 2 atom stereocenters. The number of aliphatic carboxylic acids is 1. The fourth-order valence-corrected chi connectivity index (χ4v) is 4.94. The molecular weight excluding hydrogens is 462 g/mol. The van der Waals surface area contributed by atoms with Gasteiger partial charge in [-0.05, 0) is 65.8 Å². The van der Waals surface area contributed by atoms with Gasteiger partial charge in [0.05, 0.1) is 6.42 Å². The van der Waals surface area contributed by atoms with E-state index < -0.39 is 22.4 Å². The number of nitrogens with one attached hydrogen (secondary N) is 2. The SMILES string of the molecule is O=C(O)CC(c1ccccc1)[S+]([O-])c1ccc(NC(=O)c2cccc(Nc3ccccn3)c2)cc1. The summed E-state index contributed by atoms with van der Waals surface area (Å²) in [6.45, 7) is 0. The Labute approximate surface area is 206 Å². The van der Waals surface area contributed by atoms with Gasteiger partial charge in [-0.25, -0.2) is 4.98 Å². The highest BCUT2D eigenvalue weighted by atomic mass is 32.2. The molecule has 0 aliphatic heterocycles. The third-order valence-corrected chi connectivity index (χ3v) is 6.89. The molecule has 0 spiro atoms. The highest BCUT2D eigenvalue weighted by Gasteiger charge is 2.29. The number of pyridine rings is 1. The molecule has 3 aromatic carbocycles. The number of hydrogen-bond donors (Lipinski definition) is 3. The molecule has 7 nitrogen and oxygen atoms in total. The largest absolute Gasteiger partial charge is 0.611 e. The van der Waals surface area contributed by atoms with Gasteiger partial charge in [-0.3, -0.25) is 9.59 Å². The summed E-state index contributed by atoms with van der Waals surface area (Å²) in [5.41, 5.74) is 2.43. The number of hydrogen-bond acceptors (Lipinski definition) is 5. The van der Waals surface area contributed by atoms with Crippen LogP contribution in [-0.2, 0) is 16.0 Å². The third-order valence-electron chi connectivity index (χ3n) is 5.20. The molecule has 0 saturated heterocycles. The molecule has 176 valence electrons. The van der Waals surface area contributed by atoms with Crippen molar-refractivity contribution in [1.29, 1.82) is 0 Å². The van der Waals surface area contributed by atoms with Crippen LogP contribution in [0.3, 0.4) is 0 Å². The summed E-state index contributed by atoms with van der Waals surface area (Å²) in [7, 11) is 0. The highest BCUT2D eigenvalue weighted by Crippen LogP contribution is 2.32. The van der Waals surface area contributed by atoms with E-state index in [2.05, 4.69) is 15.6 Å². The first kappa shape index (κ1) is 24.0. The second-order valence-electron chi connectivity index (χ2n) is 7.69. The van der Waals surface area contributed by atoms with E-state index in [9.17, 15) is 19.2 Å². The minimum Gasteiger partial charge on any atom is -0.611 e. The van der Waals surface area contributed by atoms with Gasteiger partial charge in [-0.2, -0.15) is 0 Å². The Morgan fingerprint density at radius 3 is 2.31 bits per heavy atom. The molecule has 0 aliphatic rings. The number of amides is 1. The number of aromatic nitrogens is 1. The van der Waals surface area contributed by atoms with Crippen molar-refractivity contribution in [1.82, 2.24) is 4.98 Å². The molecule has 0 saturated carbocycles. The van der Waals surface area contributed by atoms with Crippen LogP contribution in [0.2, 0.25) is 0 Å². The molecule has 8 heteroatoms. The van der Waals surface area contributed by atoms with Crippen LogP contribution in [0.15, 0.2) is 108 Å². The Hall–Kier alpha value is -4.14. The van der Waals surface area contributed by atoms with E-state index in [0.29, 0.717) is 27.5 Å². The molecule has 0 radical (unpaired) electrons. The average molecular weight is 486 g/mol. The van der Waals surface area contributed by atoms with Gasteiger partial charge in [0.15, 0.2) is 10.1 Å². The van der Waals surface area contributed by atoms with Gasteiger partial charge >= 0.3 is 5.97 Å². The van der Waals surface area contributed by atoms with Crippen molar-refractivity contribution in [3.8, 4) is 0 Å². The van der Waals surface area contributed by atoms with Crippen molar-refractivity contribution in [2.75, 3.05) is 10.6 Å². The van der Waals surface area contributed by atoms with Crippen molar-refractivity contribution in [2.45, 2.75) is 16.6 Å². The molecule has 0 fully saturated rings. The van der Waals surface area contributed by atoms with Gasteiger partial charge in [0.1, 0.15) is 5.82 Å². The zero-order chi connectivity index (χ0) is 24.6. The zero-order valence-corrected chi connectivity index (χ0v) is 19.4. The van der Waals surface area contributed by atoms with Crippen molar-refractivity contribution < 1.29 is 19.2 Å². The summed E-state index contributed by atoms with van der Waals surface area (Å²) in [5, 5.41) is 14.6. The van der Waals surface area contributed by atoms with Crippen LogP contribution in [0.4, 0.5) is 17.2 Å². The molecule has 0 bridgehead atoms. The van der Waals surface area contributed by atoms with Crippen LogP contribution in [0.25, 0.3) is 0 Å². The Bertz CT molecular complexity index is 1280. The quantitative estimate of drug-likeness (QED) is 0.274. The molecule has 35 heavy (non-hydrogen) atoms. The number of anilines is 3. The fourth-order valence-electron chi connectivity index (χ4n) is 3.51. The van der Waals surface area contributed by atoms with Gasteiger partial charge in [-0.1, -0.05) is 42.5 Å². The van der Waals surface area contributed by atoms with Crippen molar-refractivity contribution in [3.63, 3.8) is 0 Å². The monoisotopic (exact) mass is 485 g/mol. The molecule has 0 aliphatic carbocycles. The van der Waals surface area contributed by atoms with Gasteiger partial charge in [0.25, 0.3) is 5.91 Å². The Balaban J connectivity index is 1.44. The lowest BCUT2D eigenvalue weighted by Gasteiger charge is -2.20. The first-order chi connectivity index (χ1) is 17.0. The molecule has 1 aromatic heterocycles. The van der Waals surface area contributed by atoms with Crippen LogP contribution in [0.1, 0.15) is 27.6 Å². The number of carbonyl (C=O) groups is 2. The molecule has 1 amide bonds. The molecule has 3 N–H and O–H groups in total. The van der Waals surface area contributed by atoms with Gasteiger partial charge in [-0.15, -0.1) is 0 Å². The van der Waals surface area contributed by atoms with E-state index in [1.54, 1.807) is 72.9 Å². The summed E-state index contributed by atoms with van der Waals surface area (Å²) in [4.78, 5) is 28.8. The molecule has 4 rings (SSSR count). The minimum absolute atomic E-state index is 0.252. The van der Waals surface area contributed by atoms with Crippen LogP contribution < -0.4 is 10.6 Å². The van der Waals surface area contributed by atoms with E-state index in [-0.39, 0.29) is 12.3 Å². The molecule has 4 aromatic rings. The fraction of sp³-hybridized carbons (Fsp3) is 0.0741. The lowest BCUT2D eigenvalue weighted by atomic mass is 10.1. The number of nitrogens with zero attached hydrogens (tertiary/aromatic N) is 1. The van der Waals surface area contributed by atoms with E-state index in [1.165, 1.54) is 0 Å². The third kappa shape index (κ3) is 6.47. The maximum atomic E-state index is 13.2. The first-order valence-corrected chi connectivity index (χ1v) is 12.1. The molecular formula is C27H23N3O4S. The second kappa shape index (κ2) is 11.3. The topological polar surface area (TPSA) is 114 Å².